The maximum atomic E-state index is 12.2. The summed E-state index contributed by atoms with van der Waals surface area (Å²) in [7, 11) is -2.42. The zero-order chi connectivity index (χ0) is 21.7. The molecule has 9 nitrogen and oxygen atoms in total. The van der Waals surface area contributed by atoms with E-state index >= 15 is 0 Å². The molecule has 1 fully saturated rings. The molecule has 0 radical (unpaired) electrons. The van der Waals surface area contributed by atoms with Crippen molar-refractivity contribution in [3.8, 4) is 5.75 Å². The molecule has 30 heavy (non-hydrogen) atoms. The summed E-state index contributed by atoms with van der Waals surface area (Å²) in [6, 6.07) is 11.5. The van der Waals surface area contributed by atoms with Crippen molar-refractivity contribution in [3.05, 3.63) is 59.7 Å². The molecule has 2 aromatic rings. The first kappa shape index (κ1) is 21.6. The molecule has 0 aliphatic carbocycles. The van der Waals surface area contributed by atoms with Crippen molar-refractivity contribution in [1.82, 2.24) is 10.6 Å². The van der Waals surface area contributed by atoms with Gasteiger partial charge in [0.15, 0.2) is 0 Å². The zero-order valence-electron chi connectivity index (χ0n) is 16.5. The van der Waals surface area contributed by atoms with Crippen LogP contribution in [0.4, 0.5) is 4.79 Å². The maximum absolute atomic E-state index is 12.2. The van der Waals surface area contributed by atoms with Crippen LogP contribution in [0.3, 0.4) is 0 Å². The number of methoxy groups -OCH3 is 1. The minimum absolute atomic E-state index is 0.00708. The number of aryl methyl sites for hydroxylation is 1. The van der Waals surface area contributed by atoms with E-state index in [4.69, 9.17) is 13.7 Å². The van der Waals surface area contributed by atoms with Crippen LogP contribution in [0, 0.1) is 6.92 Å². The number of carbonyl (C=O) groups excluding carboxylic acids is 2. The summed E-state index contributed by atoms with van der Waals surface area (Å²) in [4.78, 5) is 23.8. The molecular weight excluding hydrogens is 412 g/mol. The Hall–Kier alpha value is -3.11. The van der Waals surface area contributed by atoms with Crippen LogP contribution in [-0.4, -0.2) is 46.2 Å². The van der Waals surface area contributed by atoms with Crippen molar-refractivity contribution in [2.45, 2.75) is 30.5 Å². The molecule has 1 heterocycles. The van der Waals surface area contributed by atoms with Crippen LogP contribution < -0.4 is 15.4 Å². The van der Waals surface area contributed by atoms with Gasteiger partial charge < -0.3 is 20.1 Å². The molecule has 0 bridgehead atoms. The molecular formula is C20H22N2O7S. The molecule has 2 amide bonds. The quantitative estimate of drug-likeness (QED) is 0.477. The van der Waals surface area contributed by atoms with E-state index in [1.165, 1.54) is 12.1 Å². The second-order valence-electron chi connectivity index (χ2n) is 6.71. The predicted molar refractivity (Wildman–Crippen MR) is 106 cm³/mol. The third kappa shape index (κ3) is 5.28. The summed E-state index contributed by atoms with van der Waals surface area (Å²) < 4.78 is 39.7. The van der Waals surface area contributed by atoms with Crippen LogP contribution in [0.15, 0.2) is 53.4 Å². The SMILES string of the molecule is COc1ccc(COC(=O)N[C@H]2C(=O)N[C@H]2COS(=O)(=O)c2ccc(C)cc2)cc1. The summed E-state index contributed by atoms with van der Waals surface area (Å²) in [5, 5.41) is 4.93. The van der Waals surface area contributed by atoms with E-state index in [9.17, 15) is 18.0 Å². The molecule has 160 valence electrons. The topological polar surface area (TPSA) is 120 Å². The Bertz CT molecular complexity index is 1000. The lowest BCUT2D eigenvalue weighted by molar-refractivity contribution is -0.132. The summed E-state index contributed by atoms with van der Waals surface area (Å²) in [6.45, 7) is 1.53. The number of ether oxygens (including phenoxy) is 2. The normalized spacial score (nSPS) is 18.1. The molecule has 10 heteroatoms. The number of benzene rings is 2. The van der Waals surface area contributed by atoms with E-state index in [1.54, 1.807) is 43.5 Å². The molecule has 0 spiro atoms. The van der Waals surface area contributed by atoms with Crippen LogP contribution in [0.5, 0.6) is 5.75 Å². The van der Waals surface area contributed by atoms with Gasteiger partial charge in [0.05, 0.1) is 24.7 Å². The third-order valence-corrected chi connectivity index (χ3v) is 5.82. The molecule has 2 aromatic carbocycles. The van der Waals surface area contributed by atoms with Gasteiger partial charge in [-0.15, -0.1) is 0 Å². The van der Waals surface area contributed by atoms with E-state index in [1.807, 2.05) is 6.92 Å². The van der Waals surface area contributed by atoms with Gasteiger partial charge in [-0.25, -0.2) is 4.79 Å². The maximum Gasteiger partial charge on any atom is 0.408 e. The van der Waals surface area contributed by atoms with Gasteiger partial charge in [0.1, 0.15) is 18.4 Å². The first-order valence-electron chi connectivity index (χ1n) is 9.11. The molecule has 2 atom stereocenters. The van der Waals surface area contributed by atoms with Gasteiger partial charge in [0, 0.05) is 0 Å². The molecule has 0 aromatic heterocycles. The Labute approximate surface area is 174 Å². The van der Waals surface area contributed by atoms with Crippen molar-refractivity contribution in [2.24, 2.45) is 0 Å². The fraction of sp³-hybridized carbons (Fsp3) is 0.300. The van der Waals surface area contributed by atoms with Gasteiger partial charge in [-0.05, 0) is 36.8 Å². The van der Waals surface area contributed by atoms with E-state index in [2.05, 4.69) is 10.6 Å². The second kappa shape index (κ2) is 9.14. The highest BCUT2D eigenvalue weighted by molar-refractivity contribution is 7.86. The average Bonchev–Trinajstić information content (AvgIpc) is 2.74. The van der Waals surface area contributed by atoms with Gasteiger partial charge in [-0.1, -0.05) is 29.8 Å². The highest BCUT2D eigenvalue weighted by atomic mass is 32.2. The average molecular weight is 434 g/mol. The number of carbonyl (C=O) groups is 2. The fourth-order valence-electron chi connectivity index (χ4n) is 2.72. The number of alkyl carbamates (subject to hydrolysis) is 1. The first-order valence-corrected chi connectivity index (χ1v) is 10.5. The fourth-order valence-corrected chi connectivity index (χ4v) is 3.65. The lowest BCUT2D eigenvalue weighted by Crippen LogP contribution is -2.70. The van der Waals surface area contributed by atoms with Crippen molar-refractivity contribution in [2.75, 3.05) is 13.7 Å². The predicted octanol–water partition coefficient (Wildman–Crippen LogP) is 1.50. The minimum Gasteiger partial charge on any atom is -0.497 e. The van der Waals surface area contributed by atoms with Gasteiger partial charge in [0.25, 0.3) is 10.1 Å². The van der Waals surface area contributed by atoms with E-state index in [0.29, 0.717) is 5.75 Å². The lowest BCUT2D eigenvalue weighted by atomic mass is 10.0. The summed E-state index contributed by atoms with van der Waals surface area (Å²) >= 11 is 0. The third-order valence-electron chi connectivity index (χ3n) is 4.53. The molecule has 0 saturated carbocycles. The minimum atomic E-state index is -3.98. The van der Waals surface area contributed by atoms with E-state index < -0.39 is 34.2 Å². The second-order valence-corrected chi connectivity index (χ2v) is 8.33. The molecule has 1 saturated heterocycles. The summed E-state index contributed by atoms with van der Waals surface area (Å²) in [5.74, 6) is 0.232. The number of nitrogens with one attached hydrogen (secondary N) is 2. The number of hydrogen-bond acceptors (Lipinski definition) is 7. The van der Waals surface area contributed by atoms with E-state index in [-0.39, 0.29) is 18.1 Å². The number of hydrogen-bond donors (Lipinski definition) is 2. The van der Waals surface area contributed by atoms with Crippen LogP contribution in [0.2, 0.25) is 0 Å². The Morgan fingerprint density at radius 1 is 1.10 bits per heavy atom. The number of β-lactam (4-membered cyclic amide) rings is 1. The van der Waals surface area contributed by atoms with Crippen LogP contribution in [0.25, 0.3) is 0 Å². The van der Waals surface area contributed by atoms with Gasteiger partial charge >= 0.3 is 6.09 Å². The highest BCUT2D eigenvalue weighted by Crippen LogP contribution is 2.16. The Balaban J connectivity index is 1.49. The summed E-state index contributed by atoms with van der Waals surface area (Å²) in [6.07, 6.45) is -0.794. The lowest BCUT2D eigenvalue weighted by Gasteiger charge is -2.36. The molecule has 3 rings (SSSR count). The van der Waals surface area contributed by atoms with Gasteiger partial charge in [0.2, 0.25) is 5.91 Å². The standard InChI is InChI=1S/C20H22N2O7S/c1-13-3-9-16(10-4-13)30(25,26)29-12-17-18(19(23)21-17)22-20(24)28-11-14-5-7-15(27-2)8-6-14/h3-10,17-18H,11-12H2,1-2H3,(H,21,23)(H,22,24)/t17-,18+/m0/s1. The van der Waals surface area contributed by atoms with Crippen LogP contribution in [0.1, 0.15) is 11.1 Å². The number of rotatable bonds is 8. The molecule has 1 aliphatic heterocycles. The summed E-state index contributed by atoms with van der Waals surface area (Å²) in [5.41, 5.74) is 1.66. The molecule has 2 N–H and O–H groups in total. The monoisotopic (exact) mass is 434 g/mol. The Morgan fingerprint density at radius 3 is 2.37 bits per heavy atom. The van der Waals surface area contributed by atoms with Crippen molar-refractivity contribution < 1.29 is 31.7 Å². The number of amides is 2. The van der Waals surface area contributed by atoms with Crippen LogP contribution in [-0.2, 0) is 30.4 Å². The van der Waals surface area contributed by atoms with Crippen molar-refractivity contribution in [3.63, 3.8) is 0 Å². The first-order chi connectivity index (χ1) is 14.3. The molecule has 1 aliphatic rings. The van der Waals surface area contributed by atoms with Gasteiger partial charge in [-0.2, -0.15) is 8.42 Å². The van der Waals surface area contributed by atoms with Crippen molar-refractivity contribution in [1.29, 1.82) is 0 Å². The van der Waals surface area contributed by atoms with Gasteiger partial charge in [-0.3, -0.25) is 8.98 Å². The smallest absolute Gasteiger partial charge is 0.408 e. The Kier molecular flexibility index (Phi) is 6.58. The zero-order valence-corrected chi connectivity index (χ0v) is 17.3. The Morgan fingerprint density at radius 2 is 1.77 bits per heavy atom. The largest absolute Gasteiger partial charge is 0.497 e. The highest BCUT2D eigenvalue weighted by Gasteiger charge is 2.41. The van der Waals surface area contributed by atoms with E-state index in [0.717, 1.165) is 11.1 Å². The van der Waals surface area contributed by atoms with Crippen molar-refractivity contribution >= 4 is 22.1 Å². The molecule has 0 unspecified atom stereocenters. The van der Waals surface area contributed by atoms with Crippen LogP contribution >= 0.6 is 0 Å².